The minimum absolute atomic E-state index is 0.353. The predicted octanol–water partition coefficient (Wildman–Crippen LogP) is 3.57. The van der Waals surface area contributed by atoms with E-state index >= 15 is 0 Å². The molecule has 0 spiro atoms. The van der Waals surface area contributed by atoms with Crippen LogP contribution in [0.5, 0.6) is 0 Å². The lowest BCUT2D eigenvalue weighted by Crippen LogP contribution is -2.37. The smallest absolute Gasteiger partial charge is 0.0288 e. The van der Waals surface area contributed by atoms with Gasteiger partial charge in [0.15, 0.2) is 0 Å². The van der Waals surface area contributed by atoms with Crippen LogP contribution in [0.15, 0.2) is 29.8 Å². The maximum Gasteiger partial charge on any atom is 0.0288 e. The van der Waals surface area contributed by atoms with E-state index in [1.807, 2.05) is 0 Å². The summed E-state index contributed by atoms with van der Waals surface area (Å²) in [6, 6.07) is 7.07. The molecule has 19 heavy (non-hydrogen) atoms. The number of allylic oxidation sites excluding steroid dienone is 1. The Morgan fingerprint density at radius 3 is 2.63 bits per heavy atom. The average Bonchev–Trinajstić information content (AvgIpc) is 2.43. The van der Waals surface area contributed by atoms with Crippen LogP contribution in [0.3, 0.4) is 0 Å². The highest BCUT2D eigenvalue weighted by atomic mass is 15.2. The summed E-state index contributed by atoms with van der Waals surface area (Å²) < 4.78 is 0. The van der Waals surface area contributed by atoms with Crippen LogP contribution in [0.1, 0.15) is 48.8 Å². The van der Waals surface area contributed by atoms with Crippen molar-refractivity contribution in [3.05, 3.63) is 46.5 Å². The normalized spacial score (nSPS) is 17.1. The Labute approximate surface area is 117 Å². The van der Waals surface area contributed by atoms with Crippen molar-refractivity contribution in [2.45, 2.75) is 58.4 Å². The second-order valence-corrected chi connectivity index (χ2v) is 5.80. The van der Waals surface area contributed by atoms with E-state index in [-0.39, 0.29) is 0 Å². The highest BCUT2D eigenvalue weighted by Gasteiger charge is 2.12. The van der Waals surface area contributed by atoms with Gasteiger partial charge in [-0.2, -0.15) is 0 Å². The molecule has 0 amide bonds. The van der Waals surface area contributed by atoms with Crippen LogP contribution < -0.4 is 11.3 Å². The largest absolute Gasteiger partial charge is 0.271 e. The topological polar surface area (TPSA) is 38.0 Å². The maximum atomic E-state index is 5.73. The van der Waals surface area contributed by atoms with Gasteiger partial charge in [0.05, 0.1) is 0 Å². The molecule has 0 saturated carbocycles. The molecule has 3 N–H and O–H groups in total. The van der Waals surface area contributed by atoms with Gasteiger partial charge in [0, 0.05) is 6.04 Å². The minimum Gasteiger partial charge on any atom is -0.271 e. The number of nitrogens with one attached hydrogen (secondary N) is 1. The lowest BCUT2D eigenvalue weighted by molar-refractivity contribution is 0.504. The molecule has 1 atom stereocenters. The molecule has 0 saturated heterocycles. The molecule has 0 aromatic heterocycles. The van der Waals surface area contributed by atoms with Crippen molar-refractivity contribution in [1.82, 2.24) is 5.43 Å². The van der Waals surface area contributed by atoms with Crippen molar-refractivity contribution in [3.63, 3.8) is 0 Å². The third kappa shape index (κ3) is 4.19. The summed E-state index contributed by atoms with van der Waals surface area (Å²) >= 11 is 0. The van der Waals surface area contributed by atoms with Gasteiger partial charge in [-0.25, -0.2) is 0 Å². The maximum absolute atomic E-state index is 5.73. The summed E-state index contributed by atoms with van der Waals surface area (Å²) in [5.74, 6) is 5.73. The molecule has 1 aromatic carbocycles. The Morgan fingerprint density at radius 1 is 1.16 bits per heavy atom. The van der Waals surface area contributed by atoms with Crippen molar-refractivity contribution in [1.29, 1.82) is 0 Å². The van der Waals surface area contributed by atoms with Gasteiger partial charge in [0.25, 0.3) is 0 Å². The van der Waals surface area contributed by atoms with E-state index in [1.54, 1.807) is 5.57 Å². The van der Waals surface area contributed by atoms with Crippen molar-refractivity contribution >= 4 is 0 Å². The monoisotopic (exact) mass is 258 g/mol. The number of hydrazine groups is 1. The van der Waals surface area contributed by atoms with Crippen LogP contribution in [0.2, 0.25) is 0 Å². The fourth-order valence-corrected chi connectivity index (χ4v) is 2.81. The van der Waals surface area contributed by atoms with Gasteiger partial charge in [0.2, 0.25) is 0 Å². The fraction of sp³-hybridized carbons (Fsp3) is 0.529. The second kappa shape index (κ2) is 6.88. The molecule has 1 aromatic rings. The summed E-state index contributed by atoms with van der Waals surface area (Å²) in [5, 5.41) is 0. The van der Waals surface area contributed by atoms with E-state index < -0.39 is 0 Å². The molecule has 0 heterocycles. The first-order valence-electron chi connectivity index (χ1n) is 7.39. The number of benzene rings is 1. The molecular weight excluding hydrogens is 232 g/mol. The summed E-state index contributed by atoms with van der Waals surface area (Å²) in [4.78, 5) is 0. The van der Waals surface area contributed by atoms with Crippen LogP contribution in [0.4, 0.5) is 0 Å². The molecule has 1 unspecified atom stereocenters. The first kappa shape index (κ1) is 14.3. The number of hydrogen-bond acceptors (Lipinski definition) is 2. The van der Waals surface area contributed by atoms with Gasteiger partial charge in [-0.05, 0) is 69.1 Å². The van der Waals surface area contributed by atoms with E-state index in [4.69, 9.17) is 5.84 Å². The van der Waals surface area contributed by atoms with E-state index in [2.05, 4.69) is 43.5 Å². The van der Waals surface area contributed by atoms with E-state index in [0.29, 0.717) is 6.04 Å². The van der Waals surface area contributed by atoms with Gasteiger partial charge in [-0.3, -0.25) is 11.3 Å². The standard InChI is InChI=1S/C17H26N2/c1-13-8-9-16(10-14(13)2)12-17(19-18)11-15-6-4-3-5-7-15/h6,8-10,17,19H,3-5,7,11-12,18H2,1-2H3. The van der Waals surface area contributed by atoms with Crippen LogP contribution in [-0.4, -0.2) is 6.04 Å². The Bertz CT molecular complexity index is 449. The molecule has 2 nitrogen and oxygen atoms in total. The van der Waals surface area contributed by atoms with Gasteiger partial charge >= 0.3 is 0 Å². The van der Waals surface area contributed by atoms with Crippen LogP contribution in [-0.2, 0) is 6.42 Å². The number of hydrogen-bond donors (Lipinski definition) is 2. The summed E-state index contributed by atoms with van der Waals surface area (Å²) in [7, 11) is 0. The van der Waals surface area contributed by atoms with Crippen LogP contribution in [0, 0.1) is 13.8 Å². The predicted molar refractivity (Wildman–Crippen MR) is 81.9 cm³/mol. The first-order valence-corrected chi connectivity index (χ1v) is 7.39. The number of rotatable bonds is 5. The minimum atomic E-state index is 0.353. The zero-order valence-electron chi connectivity index (χ0n) is 12.2. The van der Waals surface area contributed by atoms with Gasteiger partial charge < -0.3 is 0 Å². The SMILES string of the molecule is Cc1ccc(CC(CC2=CCCCC2)NN)cc1C. The van der Waals surface area contributed by atoms with Crippen LogP contribution in [0.25, 0.3) is 0 Å². The molecule has 0 radical (unpaired) electrons. The Morgan fingerprint density at radius 2 is 2.00 bits per heavy atom. The van der Waals surface area contributed by atoms with Crippen molar-refractivity contribution in [2.24, 2.45) is 5.84 Å². The third-order valence-corrected chi connectivity index (χ3v) is 4.18. The van der Waals surface area contributed by atoms with Gasteiger partial charge in [-0.15, -0.1) is 0 Å². The molecule has 0 bridgehead atoms. The van der Waals surface area contributed by atoms with Gasteiger partial charge in [0.1, 0.15) is 0 Å². The molecular formula is C17H26N2. The zero-order chi connectivity index (χ0) is 13.7. The Kier molecular flexibility index (Phi) is 5.17. The quantitative estimate of drug-likeness (QED) is 0.481. The highest BCUT2D eigenvalue weighted by molar-refractivity contribution is 5.30. The molecule has 2 heteroatoms. The summed E-state index contributed by atoms with van der Waals surface area (Å²) in [6.45, 7) is 4.33. The van der Waals surface area contributed by atoms with Crippen LogP contribution >= 0.6 is 0 Å². The number of aryl methyl sites for hydroxylation is 2. The van der Waals surface area contributed by atoms with Gasteiger partial charge in [-0.1, -0.05) is 29.8 Å². The highest BCUT2D eigenvalue weighted by Crippen LogP contribution is 2.22. The molecule has 0 fully saturated rings. The average molecular weight is 258 g/mol. The molecule has 1 aliphatic rings. The lowest BCUT2D eigenvalue weighted by Gasteiger charge is -2.20. The second-order valence-electron chi connectivity index (χ2n) is 5.80. The van der Waals surface area contributed by atoms with E-state index in [0.717, 1.165) is 12.8 Å². The first-order chi connectivity index (χ1) is 9.19. The number of nitrogens with two attached hydrogens (primary N) is 1. The van der Waals surface area contributed by atoms with Crippen molar-refractivity contribution in [3.8, 4) is 0 Å². The molecule has 0 aliphatic heterocycles. The van der Waals surface area contributed by atoms with E-state index in [9.17, 15) is 0 Å². The Balaban J connectivity index is 1.97. The molecule has 2 rings (SSSR count). The third-order valence-electron chi connectivity index (χ3n) is 4.18. The molecule has 104 valence electrons. The fourth-order valence-electron chi connectivity index (χ4n) is 2.81. The molecule has 1 aliphatic carbocycles. The van der Waals surface area contributed by atoms with Crippen molar-refractivity contribution < 1.29 is 0 Å². The zero-order valence-corrected chi connectivity index (χ0v) is 12.2. The van der Waals surface area contributed by atoms with E-state index in [1.165, 1.54) is 42.4 Å². The Hall–Kier alpha value is -1.12. The summed E-state index contributed by atoms with van der Waals surface area (Å²) in [6.07, 6.45) is 9.70. The van der Waals surface area contributed by atoms with Crippen molar-refractivity contribution in [2.75, 3.05) is 0 Å². The lowest BCUT2D eigenvalue weighted by atomic mass is 9.91. The summed E-state index contributed by atoms with van der Waals surface area (Å²) in [5.41, 5.74) is 8.67.